The Labute approximate surface area is 358 Å². The van der Waals surface area contributed by atoms with E-state index < -0.39 is 11.6 Å². The average molecular weight is 859 g/mol. The summed E-state index contributed by atoms with van der Waals surface area (Å²) in [5.74, 6) is 0.689. The zero-order valence-corrected chi connectivity index (χ0v) is 34.9. The second-order valence-electron chi connectivity index (χ2n) is 14.1. The number of nitrogens with zero attached hydrogens (tertiary/aromatic N) is 2. The lowest BCUT2D eigenvalue weighted by Gasteiger charge is -2.30. The van der Waals surface area contributed by atoms with Crippen molar-refractivity contribution in [2.75, 3.05) is 76.6 Å². The molecule has 0 atom stereocenters. The van der Waals surface area contributed by atoms with Gasteiger partial charge in [0.1, 0.15) is 11.5 Å². The molecule has 0 aliphatic carbocycles. The molecule has 5 aromatic carbocycles. The number of methoxy groups -OCH3 is 2. The Morgan fingerprint density at radius 3 is 1.29 bits per heavy atom. The first-order chi connectivity index (χ1) is 28.2. The number of benzene rings is 5. The van der Waals surface area contributed by atoms with Crippen molar-refractivity contribution in [3.63, 3.8) is 0 Å². The van der Waals surface area contributed by atoms with Crippen LogP contribution in [0.2, 0.25) is 20.1 Å². The van der Waals surface area contributed by atoms with E-state index >= 15 is 0 Å². The topological polar surface area (TPSA) is 69.7 Å². The number of halogens is 4. The molecule has 0 amide bonds. The summed E-state index contributed by atoms with van der Waals surface area (Å²) in [7, 11) is 3.25. The van der Waals surface area contributed by atoms with E-state index in [1.807, 2.05) is 60.7 Å². The van der Waals surface area contributed by atoms with Crippen molar-refractivity contribution in [3.05, 3.63) is 163 Å². The van der Waals surface area contributed by atoms with Crippen LogP contribution in [0.15, 0.2) is 109 Å². The van der Waals surface area contributed by atoms with Crippen LogP contribution in [0.25, 0.3) is 11.1 Å². The van der Waals surface area contributed by atoms with E-state index in [2.05, 4.69) is 58.3 Å². The number of morpholine rings is 2. The van der Waals surface area contributed by atoms with E-state index in [-0.39, 0.29) is 31.2 Å². The fraction of sp³-hybridized carbons (Fsp3) is 0.239. The molecule has 0 aromatic heterocycles. The summed E-state index contributed by atoms with van der Waals surface area (Å²) < 4.78 is 28.8. The van der Waals surface area contributed by atoms with E-state index in [0.29, 0.717) is 37.9 Å². The van der Waals surface area contributed by atoms with Gasteiger partial charge in [-0.3, -0.25) is 0 Å². The summed E-state index contributed by atoms with van der Waals surface area (Å²) >= 11 is 27.5. The Bertz CT molecular complexity index is 2230. The number of anilines is 2. The maximum atomic E-state index is 14.2. The molecule has 3 heterocycles. The monoisotopic (exact) mass is 856 g/mol. The highest BCUT2D eigenvalue weighted by atomic mass is 35.5. The van der Waals surface area contributed by atoms with Crippen molar-refractivity contribution in [2.24, 2.45) is 0 Å². The van der Waals surface area contributed by atoms with Crippen LogP contribution in [-0.2, 0) is 19.8 Å². The normalized spacial score (nSPS) is 16.9. The van der Waals surface area contributed by atoms with Gasteiger partial charge in [-0.2, -0.15) is 0 Å². The van der Waals surface area contributed by atoms with Crippen LogP contribution in [-0.4, -0.2) is 72.8 Å². The SMILES string of the molecule is COc1ccc(/C(=C\C2(/C=C(\c3ccc(OC)cc3)c3ccc(N4CCOCC4)cc3)OC(=O)c3c(Cl)c(Cl)c(Cl)c(Cl)c32)c2ccc(N3CCOCC3)cc2)cc1. The summed E-state index contributed by atoms with van der Waals surface area (Å²) in [6.07, 6.45) is 3.83. The molecular weight excluding hydrogens is 818 g/mol. The second-order valence-corrected chi connectivity index (χ2v) is 15.6. The molecule has 298 valence electrons. The molecule has 12 heteroatoms. The van der Waals surface area contributed by atoms with Crippen molar-refractivity contribution in [2.45, 2.75) is 5.60 Å². The number of esters is 1. The first-order valence-corrected chi connectivity index (χ1v) is 20.4. The van der Waals surface area contributed by atoms with Crippen LogP contribution in [0, 0.1) is 0 Å². The molecule has 0 unspecified atom stereocenters. The molecule has 8 nitrogen and oxygen atoms in total. The van der Waals surface area contributed by atoms with Gasteiger partial charge < -0.3 is 33.5 Å². The van der Waals surface area contributed by atoms with Crippen molar-refractivity contribution >= 4 is 74.9 Å². The molecule has 2 fully saturated rings. The fourth-order valence-corrected chi connectivity index (χ4v) is 8.75. The molecule has 2 saturated heterocycles. The summed E-state index contributed by atoms with van der Waals surface area (Å²) in [6.45, 7) is 5.86. The highest BCUT2D eigenvalue weighted by molar-refractivity contribution is 6.53. The lowest BCUT2D eigenvalue weighted by molar-refractivity contribution is 0.0300. The summed E-state index contributed by atoms with van der Waals surface area (Å²) in [5.41, 5.74) is 5.72. The third-order valence-electron chi connectivity index (χ3n) is 10.8. The van der Waals surface area contributed by atoms with E-state index in [1.165, 1.54) is 0 Å². The van der Waals surface area contributed by atoms with Crippen LogP contribution >= 0.6 is 46.4 Å². The number of carbonyl (C=O) groups is 1. The van der Waals surface area contributed by atoms with E-state index in [4.69, 9.17) is 70.1 Å². The lowest BCUT2D eigenvalue weighted by atomic mass is 9.83. The lowest BCUT2D eigenvalue weighted by Crippen LogP contribution is -2.36. The van der Waals surface area contributed by atoms with Gasteiger partial charge in [0, 0.05) is 43.1 Å². The van der Waals surface area contributed by atoms with Gasteiger partial charge in [0.15, 0.2) is 5.60 Å². The predicted octanol–water partition coefficient (Wildman–Crippen LogP) is 10.6. The summed E-state index contributed by atoms with van der Waals surface area (Å²) in [6, 6.07) is 32.0. The van der Waals surface area contributed by atoms with E-state index in [0.717, 1.165) is 71.0 Å². The fourth-order valence-electron chi connectivity index (χ4n) is 7.67. The average Bonchev–Trinajstić information content (AvgIpc) is 3.57. The van der Waals surface area contributed by atoms with Crippen LogP contribution < -0.4 is 19.3 Å². The Balaban J connectivity index is 1.39. The third kappa shape index (κ3) is 7.90. The molecule has 0 spiro atoms. The number of rotatable bonds is 10. The zero-order valence-electron chi connectivity index (χ0n) is 31.9. The van der Waals surface area contributed by atoms with Crippen LogP contribution in [0.1, 0.15) is 38.2 Å². The smallest absolute Gasteiger partial charge is 0.341 e. The molecule has 0 bridgehead atoms. The minimum absolute atomic E-state index is 0.0123. The molecule has 5 aromatic rings. The first-order valence-electron chi connectivity index (χ1n) is 18.9. The minimum Gasteiger partial charge on any atom is -0.497 e. The zero-order chi connectivity index (χ0) is 40.4. The van der Waals surface area contributed by atoms with Gasteiger partial charge in [-0.15, -0.1) is 0 Å². The largest absolute Gasteiger partial charge is 0.497 e. The standard InChI is InChI=1S/C46H40Cl4N2O6/c1-54-35-15-7-31(8-16-35)37(29-3-11-33(12-4-29)51-19-23-56-24-20-51)27-46(40-39(45(53)58-46)41(47)43(49)44(50)42(40)48)28-38(32-9-17-36(55-2)18-10-32)30-5-13-34(14-6-30)52-21-25-57-26-22-52/h3-18,27-28H,19-26H2,1-2H3/b37-27-,38-28-. The Kier molecular flexibility index (Phi) is 12.0. The number of fused-ring (bicyclic) bond motifs is 1. The van der Waals surface area contributed by atoms with Gasteiger partial charge in [0.05, 0.1) is 66.3 Å². The summed E-state index contributed by atoms with van der Waals surface area (Å²) in [5, 5.41) is -0.00592. The highest BCUT2D eigenvalue weighted by Crippen LogP contribution is 2.53. The van der Waals surface area contributed by atoms with Gasteiger partial charge in [-0.25, -0.2) is 4.79 Å². The van der Waals surface area contributed by atoms with Crippen molar-refractivity contribution in [3.8, 4) is 11.5 Å². The van der Waals surface area contributed by atoms with Gasteiger partial charge in [0.25, 0.3) is 0 Å². The van der Waals surface area contributed by atoms with Gasteiger partial charge in [-0.05, 0) is 94.1 Å². The maximum Gasteiger partial charge on any atom is 0.341 e. The highest BCUT2D eigenvalue weighted by Gasteiger charge is 2.48. The Morgan fingerprint density at radius 2 is 0.914 bits per heavy atom. The van der Waals surface area contributed by atoms with Crippen molar-refractivity contribution in [1.29, 1.82) is 0 Å². The van der Waals surface area contributed by atoms with Gasteiger partial charge >= 0.3 is 5.97 Å². The Hall–Kier alpha value is -4.67. The molecule has 3 aliphatic heterocycles. The molecule has 3 aliphatic rings. The van der Waals surface area contributed by atoms with Crippen LogP contribution in [0.3, 0.4) is 0 Å². The number of ether oxygens (including phenoxy) is 5. The van der Waals surface area contributed by atoms with Crippen molar-refractivity contribution < 1.29 is 28.5 Å². The molecule has 0 N–H and O–H groups in total. The number of cyclic esters (lactones) is 1. The molecule has 8 rings (SSSR count). The molecule has 58 heavy (non-hydrogen) atoms. The third-order valence-corrected chi connectivity index (χ3v) is 12.6. The number of carbonyl (C=O) groups excluding carboxylic acids is 1. The molecular formula is C46H40Cl4N2O6. The van der Waals surface area contributed by atoms with Gasteiger partial charge in [-0.1, -0.05) is 94.9 Å². The number of hydrogen-bond acceptors (Lipinski definition) is 8. The van der Waals surface area contributed by atoms with Crippen LogP contribution in [0.5, 0.6) is 11.5 Å². The molecule has 0 saturated carbocycles. The summed E-state index contributed by atoms with van der Waals surface area (Å²) in [4.78, 5) is 18.8. The van der Waals surface area contributed by atoms with E-state index in [9.17, 15) is 4.79 Å². The van der Waals surface area contributed by atoms with Crippen molar-refractivity contribution in [1.82, 2.24) is 0 Å². The van der Waals surface area contributed by atoms with Crippen LogP contribution in [0.4, 0.5) is 11.4 Å². The predicted molar refractivity (Wildman–Crippen MR) is 233 cm³/mol. The second kappa shape index (κ2) is 17.3. The maximum absolute atomic E-state index is 14.2. The quantitative estimate of drug-likeness (QED) is 0.0782. The first kappa shape index (κ1) is 40.1. The Morgan fingerprint density at radius 1 is 0.552 bits per heavy atom. The molecule has 0 radical (unpaired) electrons. The van der Waals surface area contributed by atoms with Gasteiger partial charge in [0.2, 0.25) is 0 Å². The van der Waals surface area contributed by atoms with E-state index in [1.54, 1.807) is 14.2 Å². The minimum atomic E-state index is -1.66. The number of hydrogen-bond donors (Lipinski definition) is 0.